The van der Waals surface area contributed by atoms with Gasteiger partial charge in [-0.05, 0) is 25.5 Å². The molecule has 0 spiro atoms. The molecule has 2 aromatic rings. The lowest BCUT2D eigenvalue weighted by Crippen LogP contribution is -2.22. The molecule has 0 saturated heterocycles. The molecule has 0 aliphatic rings. The van der Waals surface area contributed by atoms with Crippen LogP contribution in [0.4, 0.5) is 0 Å². The maximum absolute atomic E-state index is 6.12. The molecule has 0 aliphatic heterocycles. The Morgan fingerprint density at radius 2 is 1.94 bits per heavy atom. The van der Waals surface area contributed by atoms with E-state index in [4.69, 9.17) is 5.73 Å². The van der Waals surface area contributed by atoms with Crippen molar-refractivity contribution < 1.29 is 0 Å². The number of thioether (sulfide) groups is 1. The quantitative estimate of drug-likeness (QED) is 0.861. The summed E-state index contributed by atoms with van der Waals surface area (Å²) in [6.45, 7) is 4.06. The normalized spacial score (nSPS) is 14.4. The SMILES string of the molecule is Cc1cc(SC(c2ccccc2)C(C)N)n(C)n1. The van der Waals surface area contributed by atoms with E-state index in [-0.39, 0.29) is 11.3 Å². The molecular formula is C14H19N3S. The highest BCUT2D eigenvalue weighted by Crippen LogP contribution is 2.36. The molecule has 0 fully saturated rings. The highest BCUT2D eigenvalue weighted by Gasteiger charge is 2.19. The van der Waals surface area contributed by atoms with Crippen molar-refractivity contribution in [2.45, 2.75) is 30.2 Å². The second-order valence-corrected chi connectivity index (χ2v) is 5.72. The molecule has 1 heterocycles. The number of aryl methyl sites for hydroxylation is 2. The van der Waals surface area contributed by atoms with Crippen LogP contribution in [0, 0.1) is 6.92 Å². The second kappa shape index (κ2) is 5.59. The van der Waals surface area contributed by atoms with Crippen LogP contribution in [-0.2, 0) is 7.05 Å². The molecule has 96 valence electrons. The molecule has 0 bridgehead atoms. The first-order valence-electron chi connectivity index (χ1n) is 6.05. The van der Waals surface area contributed by atoms with E-state index in [0.717, 1.165) is 10.7 Å². The third-order valence-electron chi connectivity index (χ3n) is 2.81. The summed E-state index contributed by atoms with van der Waals surface area (Å²) in [5.74, 6) is 0. The van der Waals surface area contributed by atoms with Crippen LogP contribution in [0.3, 0.4) is 0 Å². The number of hydrogen-bond acceptors (Lipinski definition) is 3. The van der Waals surface area contributed by atoms with Gasteiger partial charge in [-0.15, -0.1) is 0 Å². The van der Waals surface area contributed by atoms with E-state index in [9.17, 15) is 0 Å². The summed E-state index contributed by atoms with van der Waals surface area (Å²) in [5.41, 5.74) is 8.42. The largest absolute Gasteiger partial charge is 0.327 e. The van der Waals surface area contributed by atoms with Crippen LogP contribution in [0.15, 0.2) is 41.4 Å². The lowest BCUT2D eigenvalue weighted by Gasteiger charge is -2.20. The van der Waals surface area contributed by atoms with Crippen molar-refractivity contribution in [2.75, 3.05) is 0 Å². The van der Waals surface area contributed by atoms with E-state index in [1.807, 2.05) is 31.6 Å². The minimum atomic E-state index is 0.0904. The van der Waals surface area contributed by atoms with Gasteiger partial charge in [0.25, 0.3) is 0 Å². The van der Waals surface area contributed by atoms with Crippen LogP contribution in [0.2, 0.25) is 0 Å². The zero-order valence-corrected chi connectivity index (χ0v) is 11.8. The number of nitrogens with two attached hydrogens (primary N) is 1. The molecule has 1 aromatic heterocycles. The maximum atomic E-state index is 6.12. The van der Waals surface area contributed by atoms with Crippen LogP contribution < -0.4 is 5.73 Å². The topological polar surface area (TPSA) is 43.8 Å². The van der Waals surface area contributed by atoms with Crippen molar-refractivity contribution in [2.24, 2.45) is 12.8 Å². The molecule has 18 heavy (non-hydrogen) atoms. The Bertz CT molecular complexity index is 505. The molecule has 2 atom stereocenters. The summed E-state index contributed by atoms with van der Waals surface area (Å²) in [6.07, 6.45) is 0. The highest BCUT2D eigenvalue weighted by atomic mass is 32.2. The van der Waals surface area contributed by atoms with Gasteiger partial charge in [0.1, 0.15) is 0 Å². The average Bonchev–Trinajstić information content (AvgIpc) is 2.65. The predicted octanol–water partition coefficient (Wildman–Crippen LogP) is 2.91. The molecule has 1 aromatic carbocycles. The van der Waals surface area contributed by atoms with Crippen LogP contribution in [0.25, 0.3) is 0 Å². The summed E-state index contributed by atoms with van der Waals surface area (Å²) >= 11 is 1.77. The van der Waals surface area contributed by atoms with Gasteiger partial charge in [-0.1, -0.05) is 42.1 Å². The molecule has 2 unspecified atom stereocenters. The van der Waals surface area contributed by atoms with Crippen molar-refractivity contribution in [1.82, 2.24) is 9.78 Å². The van der Waals surface area contributed by atoms with Crippen molar-refractivity contribution >= 4 is 11.8 Å². The highest BCUT2D eigenvalue weighted by molar-refractivity contribution is 7.99. The van der Waals surface area contributed by atoms with Crippen LogP contribution in [0.1, 0.15) is 23.4 Å². The third kappa shape index (κ3) is 2.94. The van der Waals surface area contributed by atoms with Gasteiger partial charge in [0, 0.05) is 13.1 Å². The standard InChI is InChI=1S/C14H19N3S/c1-10-9-13(17(3)16-10)18-14(11(2)15)12-7-5-4-6-8-12/h4-9,11,14H,15H2,1-3H3. The molecule has 0 saturated carbocycles. The Morgan fingerprint density at radius 3 is 2.44 bits per heavy atom. The Balaban J connectivity index is 2.25. The Hall–Kier alpha value is -1.26. The molecule has 3 nitrogen and oxygen atoms in total. The fraction of sp³-hybridized carbons (Fsp3) is 0.357. The van der Waals surface area contributed by atoms with E-state index in [0.29, 0.717) is 0 Å². The van der Waals surface area contributed by atoms with Gasteiger partial charge in [0.2, 0.25) is 0 Å². The van der Waals surface area contributed by atoms with Gasteiger partial charge in [0.05, 0.1) is 16.0 Å². The molecule has 0 radical (unpaired) electrons. The molecule has 0 amide bonds. The number of nitrogens with zero attached hydrogens (tertiary/aromatic N) is 2. The van der Waals surface area contributed by atoms with E-state index in [2.05, 4.69) is 35.4 Å². The molecule has 0 aliphatic carbocycles. The summed E-state index contributed by atoms with van der Waals surface area (Å²) in [4.78, 5) is 0. The van der Waals surface area contributed by atoms with Crippen molar-refractivity contribution in [1.29, 1.82) is 0 Å². The van der Waals surface area contributed by atoms with E-state index >= 15 is 0 Å². The zero-order chi connectivity index (χ0) is 13.1. The lowest BCUT2D eigenvalue weighted by atomic mass is 10.1. The maximum Gasteiger partial charge on any atom is 0.0945 e. The zero-order valence-electron chi connectivity index (χ0n) is 11.0. The Morgan fingerprint density at radius 1 is 1.28 bits per heavy atom. The fourth-order valence-corrected chi connectivity index (χ4v) is 3.15. The second-order valence-electron chi connectivity index (χ2n) is 4.56. The lowest BCUT2D eigenvalue weighted by molar-refractivity contribution is 0.680. The Labute approximate surface area is 112 Å². The van der Waals surface area contributed by atoms with E-state index < -0.39 is 0 Å². The number of hydrogen-bond donors (Lipinski definition) is 1. The van der Waals surface area contributed by atoms with Gasteiger partial charge in [-0.25, -0.2) is 0 Å². The van der Waals surface area contributed by atoms with Gasteiger partial charge in [-0.3, -0.25) is 4.68 Å². The van der Waals surface area contributed by atoms with Crippen molar-refractivity contribution in [3.8, 4) is 0 Å². The number of aromatic nitrogens is 2. The smallest absolute Gasteiger partial charge is 0.0945 e. The number of benzene rings is 1. The first-order valence-corrected chi connectivity index (χ1v) is 6.93. The summed E-state index contributed by atoms with van der Waals surface area (Å²) in [7, 11) is 1.97. The van der Waals surface area contributed by atoms with Gasteiger partial charge in [-0.2, -0.15) is 5.10 Å². The molecule has 2 rings (SSSR count). The average molecular weight is 261 g/mol. The monoisotopic (exact) mass is 261 g/mol. The summed E-state index contributed by atoms with van der Waals surface area (Å²) in [5, 5.41) is 5.77. The molecule has 4 heteroatoms. The first kappa shape index (κ1) is 13.2. The summed E-state index contributed by atoms with van der Waals surface area (Å²) < 4.78 is 1.92. The summed E-state index contributed by atoms with van der Waals surface area (Å²) in [6, 6.07) is 12.6. The predicted molar refractivity (Wildman–Crippen MR) is 76.6 cm³/mol. The Kier molecular flexibility index (Phi) is 4.09. The fourth-order valence-electron chi connectivity index (χ4n) is 1.95. The molecular weight excluding hydrogens is 242 g/mol. The first-order chi connectivity index (χ1) is 8.58. The van der Waals surface area contributed by atoms with Crippen LogP contribution in [0.5, 0.6) is 0 Å². The minimum Gasteiger partial charge on any atom is -0.327 e. The third-order valence-corrected chi connectivity index (χ3v) is 4.39. The molecule has 2 N–H and O–H groups in total. The van der Waals surface area contributed by atoms with Gasteiger partial charge >= 0.3 is 0 Å². The van der Waals surface area contributed by atoms with Crippen molar-refractivity contribution in [3.05, 3.63) is 47.7 Å². The van der Waals surface area contributed by atoms with Crippen LogP contribution in [-0.4, -0.2) is 15.8 Å². The number of rotatable bonds is 4. The van der Waals surface area contributed by atoms with Crippen molar-refractivity contribution in [3.63, 3.8) is 0 Å². The van der Waals surface area contributed by atoms with Gasteiger partial charge in [0.15, 0.2) is 0 Å². The van der Waals surface area contributed by atoms with E-state index in [1.54, 1.807) is 11.8 Å². The van der Waals surface area contributed by atoms with E-state index in [1.165, 1.54) is 5.56 Å². The van der Waals surface area contributed by atoms with Crippen LogP contribution >= 0.6 is 11.8 Å². The minimum absolute atomic E-state index is 0.0904. The van der Waals surface area contributed by atoms with Gasteiger partial charge < -0.3 is 5.73 Å².